The minimum atomic E-state index is -0.156. The van der Waals surface area contributed by atoms with Crippen molar-refractivity contribution in [2.75, 3.05) is 13.2 Å². The highest BCUT2D eigenvalue weighted by Crippen LogP contribution is 2.32. The first-order valence-electron chi connectivity index (χ1n) is 7.23. The molecular formula is C15H20N2O3. The molecule has 0 N–H and O–H groups in total. The van der Waals surface area contributed by atoms with Crippen LogP contribution in [0.2, 0.25) is 0 Å². The highest BCUT2D eigenvalue weighted by Gasteiger charge is 2.43. The Bertz CT molecular complexity index is 545. The molecule has 1 atom stereocenters. The minimum Gasteiger partial charge on any atom is -0.371 e. The average Bonchev–Trinajstić information content (AvgIpc) is 3.15. The summed E-state index contributed by atoms with van der Waals surface area (Å²) in [5.74, 6) is -0.312. The highest BCUT2D eigenvalue weighted by molar-refractivity contribution is 6.22. The lowest BCUT2D eigenvalue weighted by Gasteiger charge is -2.15. The number of fused-ring (bicyclic) bond motifs is 1. The number of hydrogen-bond donors (Lipinski definition) is 0. The molecular weight excluding hydrogens is 256 g/mol. The molecule has 5 nitrogen and oxygen atoms in total. The van der Waals surface area contributed by atoms with E-state index in [0.29, 0.717) is 24.3 Å². The second-order valence-electron chi connectivity index (χ2n) is 5.60. The third-order valence-corrected chi connectivity index (χ3v) is 4.23. The van der Waals surface area contributed by atoms with Gasteiger partial charge in [-0.3, -0.25) is 14.5 Å². The van der Waals surface area contributed by atoms with Gasteiger partial charge in [0.1, 0.15) is 0 Å². The number of hydrogen-bond acceptors (Lipinski definition) is 3. The van der Waals surface area contributed by atoms with Crippen LogP contribution < -0.4 is 0 Å². The Labute approximate surface area is 118 Å². The van der Waals surface area contributed by atoms with E-state index in [0.717, 1.165) is 30.8 Å². The van der Waals surface area contributed by atoms with Gasteiger partial charge in [0.2, 0.25) is 0 Å². The van der Waals surface area contributed by atoms with Crippen molar-refractivity contribution >= 4 is 11.8 Å². The van der Waals surface area contributed by atoms with Crippen LogP contribution in [-0.4, -0.2) is 40.5 Å². The lowest BCUT2D eigenvalue weighted by Crippen LogP contribution is -2.34. The van der Waals surface area contributed by atoms with Crippen LogP contribution >= 0.6 is 0 Å². The first kappa shape index (κ1) is 13.4. The molecule has 1 aromatic heterocycles. The van der Waals surface area contributed by atoms with Crippen molar-refractivity contribution in [1.29, 1.82) is 0 Å². The molecule has 1 aromatic rings. The standard InChI is InChI=1S/C15H20N2O3/c1-4-5-6-16-9(2)12-13(10(16)3)15(19)17(14(12)18)7-11-8-20-11/h11H,4-8H2,1-3H3. The summed E-state index contributed by atoms with van der Waals surface area (Å²) in [5, 5.41) is 0. The Morgan fingerprint density at radius 1 is 1.15 bits per heavy atom. The number of epoxide rings is 1. The van der Waals surface area contributed by atoms with Crippen LogP contribution in [0.3, 0.4) is 0 Å². The van der Waals surface area contributed by atoms with Crippen molar-refractivity contribution in [2.24, 2.45) is 0 Å². The smallest absolute Gasteiger partial charge is 0.263 e. The van der Waals surface area contributed by atoms with Gasteiger partial charge in [0.15, 0.2) is 0 Å². The number of nitrogens with zero attached hydrogens (tertiary/aromatic N) is 2. The summed E-state index contributed by atoms with van der Waals surface area (Å²) in [7, 11) is 0. The Morgan fingerprint density at radius 2 is 1.70 bits per heavy atom. The maximum atomic E-state index is 12.5. The molecule has 108 valence electrons. The molecule has 3 rings (SSSR count). The van der Waals surface area contributed by atoms with E-state index in [4.69, 9.17) is 4.74 Å². The number of carbonyl (C=O) groups is 2. The van der Waals surface area contributed by atoms with E-state index in [9.17, 15) is 9.59 Å². The van der Waals surface area contributed by atoms with Crippen molar-refractivity contribution in [3.05, 3.63) is 22.5 Å². The molecule has 3 heterocycles. The number of aromatic nitrogens is 1. The van der Waals surface area contributed by atoms with Gasteiger partial charge in [0.05, 0.1) is 30.4 Å². The molecule has 1 unspecified atom stereocenters. The monoisotopic (exact) mass is 276 g/mol. The van der Waals surface area contributed by atoms with E-state index in [1.54, 1.807) is 0 Å². The third-order valence-electron chi connectivity index (χ3n) is 4.23. The molecule has 0 saturated carbocycles. The van der Waals surface area contributed by atoms with Gasteiger partial charge in [-0.2, -0.15) is 0 Å². The van der Waals surface area contributed by atoms with E-state index in [1.807, 2.05) is 13.8 Å². The molecule has 1 saturated heterocycles. The second-order valence-corrected chi connectivity index (χ2v) is 5.60. The van der Waals surface area contributed by atoms with Crippen LogP contribution in [0.4, 0.5) is 0 Å². The number of carbonyl (C=O) groups excluding carboxylic acids is 2. The van der Waals surface area contributed by atoms with Crippen molar-refractivity contribution in [3.8, 4) is 0 Å². The fourth-order valence-electron chi connectivity index (χ4n) is 2.96. The van der Waals surface area contributed by atoms with Gasteiger partial charge in [0, 0.05) is 17.9 Å². The third kappa shape index (κ3) is 1.88. The number of amides is 2. The Morgan fingerprint density at radius 3 is 2.15 bits per heavy atom. The van der Waals surface area contributed by atoms with E-state index >= 15 is 0 Å². The fraction of sp³-hybridized carbons (Fsp3) is 0.600. The van der Waals surface area contributed by atoms with Gasteiger partial charge in [-0.05, 0) is 20.3 Å². The minimum absolute atomic E-state index is 0.0414. The number of ether oxygens (including phenoxy) is 1. The van der Waals surface area contributed by atoms with Crippen LogP contribution in [0.25, 0.3) is 0 Å². The SMILES string of the molecule is CCCCn1c(C)c2c(c1C)C(=O)N(CC1CO1)C2=O. The van der Waals surface area contributed by atoms with E-state index in [2.05, 4.69) is 11.5 Å². The summed E-state index contributed by atoms with van der Waals surface area (Å²) in [5.41, 5.74) is 3.04. The largest absolute Gasteiger partial charge is 0.371 e. The predicted octanol–water partition coefficient (Wildman–Crippen LogP) is 1.90. The number of unbranched alkanes of at least 4 members (excludes halogenated alkanes) is 1. The van der Waals surface area contributed by atoms with Crippen LogP contribution in [0.5, 0.6) is 0 Å². The van der Waals surface area contributed by atoms with E-state index in [1.165, 1.54) is 4.90 Å². The molecule has 0 aliphatic carbocycles. The summed E-state index contributed by atoms with van der Waals surface area (Å²) < 4.78 is 7.23. The zero-order chi connectivity index (χ0) is 14.4. The van der Waals surface area contributed by atoms with Gasteiger partial charge in [0.25, 0.3) is 11.8 Å². The molecule has 2 aliphatic rings. The quantitative estimate of drug-likeness (QED) is 0.609. The maximum Gasteiger partial charge on any atom is 0.263 e. The molecule has 2 amide bonds. The number of imide groups is 1. The van der Waals surface area contributed by atoms with Crippen molar-refractivity contribution in [2.45, 2.75) is 46.3 Å². The van der Waals surface area contributed by atoms with Crippen molar-refractivity contribution in [1.82, 2.24) is 9.47 Å². The van der Waals surface area contributed by atoms with Gasteiger partial charge in [-0.15, -0.1) is 0 Å². The molecule has 1 fully saturated rings. The molecule has 5 heteroatoms. The fourth-order valence-corrected chi connectivity index (χ4v) is 2.96. The lowest BCUT2D eigenvalue weighted by molar-refractivity contribution is 0.0640. The topological polar surface area (TPSA) is 54.8 Å². The molecule has 0 spiro atoms. The predicted molar refractivity (Wildman–Crippen MR) is 73.9 cm³/mol. The molecule has 0 bridgehead atoms. The second kappa shape index (κ2) is 4.74. The zero-order valence-corrected chi connectivity index (χ0v) is 12.2. The van der Waals surface area contributed by atoms with Crippen LogP contribution in [0, 0.1) is 13.8 Å². The van der Waals surface area contributed by atoms with Gasteiger partial charge in [-0.25, -0.2) is 0 Å². The van der Waals surface area contributed by atoms with E-state index < -0.39 is 0 Å². The van der Waals surface area contributed by atoms with Crippen LogP contribution in [0.15, 0.2) is 0 Å². The lowest BCUT2D eigenvalue weighted by atomic mass is 10.1. The maximum absolute atomic E-state index is 12.5. The van der Waals surface area contributed by atoms with Gasteiger partial charge >= 0.3 is 0 Å². The van der Waals surface area contributed by atoms with Gasteiger partial charge < -0.3 is 9.30 Å². The van der Waals surface area contributed by atoms with Crippen LogP contribution in [0.1, 0.15) is 51.9 Å². The first-order chi connectivity index (χ1) is 9.56. The average molecular weight is 276 g/mol. The number of rotatable bonds is 5. The summed E-state index contributed by atoms with van der Waals surface area (Å²) >= 11 is 0. The summed E-state index contributed by atoms with van der Waals surface area (Å²) in [6.45, 7) is 7.91. The Balaban J connectivity index is 1.95. The highest BCUT2D eigenvalue weighted by atomic mass is 16.6. The molecule has 0 aromatic carbocycles. The first-order valence-corrected chi connectivity index (χ1v) is 7.23. The van der Waals surface area contributed by atoms with E-state index in [-0.39, 0.29) is 17.9 Å². The van der Waals surface area contributed by atoms with Crippen LogP contribution in [-0.2, 0) is 11.3 Å². The molecule has 20 heavy (non-hydrogen) atoms. The molecule has 2 aliphatic heterocycles. The molecule has 0 radical (unpaired) electrons. The Hall–Kier alpha value is -1.62. The normalized spacial score (nSPS) is 20.8. The zero-order valence-electron chi connectivity index (χ0n) is 12.2. The summed E-state index contributed by atoms with van der Waals surface area (Å²) in [4.78, 5) is 26.3. The van der Waals surface area contributed by atoms with Crippen molar-refractivity contribution < 1.29 is 14.3 Å². The van der Waals surface area contributed by atoms with Gasteiger partial charge in [-0.1, -0.05) is 13.3 Å². The summed E-state index contributed by atoms with van der Waals surface area (Å²) in [6, 6.07) is 0. The van der Waals surface area contributed by atoms with Crippen molar-refractivity contribution in [3.63, 3.8) is 0 Å². The summed E-state index contributed by atoms with van der Waals surface area (Å²) in [6.07, 6.45) is 2.19. The Kier molecular flexibility index (Phi) is 3.17.